The van der Waals surface area contributed by atoms with Gasteiger partial charge in [0.15, 0.2) is 5.43 Å². The van der Waals surface area contributed by atoms with Gasteiger partial charge in [0.05, 0.1) is 11.2 Å². The number of hydrogen-bond acceptors (Lipinski definition) is 4. The Morgan fingerprint density at radius 3 is 2.81 bits per heavy atom. The lowest BCUT2D eigenvalue weighted by Crippen LogP contribution is -2.43. The Morgan fingerprint density at radius 1 is 1.33 bits per heavy atom. The number of piperazine rings is 1. The van der Waals surface area contributed by atoms with Crippen molar-refractivity contribution < 1.29 is 4.39 Å². The van der Waals surface area contributed by atoms with E-state index in [2.05, 4.69) is 12.2 Å². The van der Waals surface area contributed by atoms with Crippen LogP contribution in [0.3, 0.4) is 0 Å². The molecule has 0 spiro atoms. The summed E-state index contributed by atoms with van der Waals surface area (Å²) in [6.45, 7) is 5.31. The zero-order valence-electron chi connectivity index (χ0n) is 11.9. The molecule has 1 saturated heterocycles. The van der Waals surface area contributed by atoms with Crippen LogP contribution in [0.15, 0.2) is 29.2 Å². The molecule has 1 fully saturated rings. The van der Waals surface area contributed by atoms with Crippen LogP contribution in [-0.4, -0.2) is 35.9 Å². The van der Waals surface area contributed by atoms with E-state index in [1.165, 1.54) is 12.1 Å². The highest BCUT2D eigenvalue weighted by molar-refractivity contribution is 7.97. The first-order chi connectivity index (χ1) is 10.2. The Morgan fingerprint density at radius 2 is 2.10 bits per heavy atom. The summed E-state index contributed by atoms with van der Waals surface area (Å²) in [5.41, 5.74) is 1.23. The third kappa shape index (κ3) is 2.78. The van der Waals surface area contributed by atoms with Crippen LogP contribution in [0.5, 0.6) is 0 Å². The fraction of sp³-hybridized carbons (Fsp3) is 0.400. The quantitative estimate of drug-likeness (QED) is 0.942. The average Bonchev–Trinajstić information content (AvgIpc) is 2.51. The van der Waals surface area contributed by atoms with Crippen molar-refractivity contribution in [1.82, 2.24) is 9.29 Å². The molecule has 6 heteroatoms. The third-order valence-electron chi connectivity index (χ3n) is 3.66. The van der Waals surface area contributed by atoms with E-state index in [1.54, 1.807) is 24.2 Å². The fourth-order valence-corrected chi connectivity index (χ4v) is 3.35. The summed E-state index contributed by atoms with van der Waals surface area (Å²) in [7, 11) is 0. The molecular weight excluding hydrogens is 289 g/mol. The maximum Gasteiger partial charge on any atom is 0.189 e. The average molecular weight is 307 g/mol. The number of nitrogens with zero attached hydrogens (tertiary/aromatic N) is 2. The Hall–Kier alpha value is -1.53. The Labute approximate surface area is 127 Å². The van der Waals surface area contributed by atoms with Crippen molar-refractivity contribution in [3.05, 3.63) is 40.4 Å². The molecule has 112 valence electrons. The molecule has 2 aromatic rings. The number of halogens is 1. The number of nitrogens with one attached hydrogen (secondary N) is 1. The smallest absolute Gasteiger partial charge is 0.189 e. The molecule has 1 aliphatic heterocycles. The van der Waals surface area contributed by atoms with E-state index in [4.69, 9.17) is 0 Å². The Kier molecular flexibility index (Phi) is 4.17. The predicted octanol–water partition coefficient (Wildman–Crippen LogP) is 2.07. The minimum absolute atomic E-state index is 0.135. The molecule has 0 bridgehead atoms. The Bertz CT molecular complexity index is 710. The number of benzene rings is 1. The van der Waals surface area contributed by atoms with Crippen molar-refractivity contribution in [2.45, 2.75) is 6.92 Å². The van der Waals surface area contributed by atoms with Crippen molar-refractivity contribution in [3.8, 4) is 0 Å². The van der Waals surface area contributed by atoms with Gasteiger partial charge in [0.2, 0.25) is 0 Å². The number of aromatic nitrogens is 1. The van der Waals surface area contributed by atoms with Crippen LogP contribution in [-0.2, 0) is 0 Å². The van der Waals surface area contributed by atoms with Crippen LogP contribution >= 0.6 is 11.9 Å². The van der Waals surface area contributed by atoms with Gasteiger partial charge in [-0.3, -0.25) is 8.77 Å². The highest BCUT2D eigenvalue weighted by Gasteiger charge is 2.17. The molecule has 4 nitrogen and oxygen atoms in total. The number of fused-ring (bicyclic) bond motifs is 1. The SMILES string of the molecule is CCSn1ccc(=O)c2cc(F)c(N3CCNCC3)cc21. The normalized spacial score (nSPS) is 15.6. The van der Waals surface area contributed by atoms with Gasteiger partial charge in [-0.25, -0.2) is 4.39 Å². The van der Waals surface area contributed by atoms with Crippen LogP contribution in [0.1, 0.15) is 6.92 Å². The van der Waals surface area contributed by atoms with Gasteiger partial charge < -0.3 is 10.2 Å². The van der Waals surface area contributed by atoms with E-state index in [-0.39, 0.29) is 11.2 Å². The van der Waals surface area contributed by atoms with Crippen LogP contribution in [0.4, 0.5) is 10.1 Å². The molecule has 2 heterocycles. The van der Waals surface area contributed by atoms with Gasteiger partial charge >= 0.3 is 0 Å². The van der Waals surface area contributed by atoms with E-state index >= 15 is 0 Å². The van der Waals surface area contributed by atoms with Gasteiger partial charge in [0.25, 0.3) is 0 Å². The van der Waals surface area contributed by atoms with E-state index in [9.17, 15) is 9.18 Å². The number of pyridine rings is 1. The molecule has 0 unspecified atom stereocenters. The van der Waals surface area contributed by atoms with Crippen LogP contribution in [0, 0.1) is 5.82 Å². The summed E-state index contributed by atoms with van der Waals surface area (Å²) in [5, 5.41) is 3.70. The largest absolute Gasteiger partial charge is 0.367 e. The zero-order chi connectivity index (χ0) is 14.8. The summed E-state index contributed by atoms with van der Waals surface area (Å²) in [6, 6.07) is 4.68. The molecule has 1 aromatic carbocycles. The van der Waals surface area contributed by atoms with Crippen molar-refractivity contribution in [2.75, 3.05) is 36.8 Å². The summed E-state index contributed by atoms with van der Waals surface area (Å²) in [4.78, 5) is 14.0. The molecule has 1 aromatic heterocycles. The molecule has 21 heavy (non-hydrogen) atoms. The molecule has 0 aliphatic carbocycles. The highest BCUT2D eigenvalue weighted by Crippen LogP contribution is 2.26. The van der Waals surface area contributed by atoms with Crippen molar-refractivity contribution in [1.29, 1.82) is 0 Å². The Balaban J connectivity index is 2.15. The molecule has 1 N–H and O–H groups in total. The molecule has 0 amide bonds. The topological polar surface area (TPSA) is 37.3 Å². The van der Waals surface area contributed by atoms with E-state index in [1.807, 2.05) is 8.87 Å². The first-order valence-electron chi connectivity index (χ1n) is 7.14. The van der Waals surface area contributed by atoms with E-state index in [0.717, 1.165) is 37.4 Å². The van der Waals surface area contributed by atoms with Crippen LogP contribution < -0.4 is 15.6 Å². The van der Waals surface area contributed by atoms with Gasteiger partial charge in [-0.2, -0.15) is 0 Å². The molecule has 3 rings (SSSR count). The molecule has 1 aliphatic rings. The van der Waals surface area contributed by atoms with Gasteiger partial charge in [-0.1, -0.05) is 6.92 Å². The lowest BCUT2D eigenvalue weighted by atomic mass is 10.1. The summed E-state index contributed by atoms with van der Waals surface area (Å²) in [6.07, 6.45) is 1.76. The van der Waals surface area contributed by atoms with Crippen molar-refractivity contribution in [2.24, 2.45) is 0 Å². The number of rotatable bonds is 3. The number of anilines is 1. The van der Waals surface area contributed by atoms with Gasteiger partial charge in [-0.15, -0.1) is 0 Å². The lowest BCUT2D eigenvalue weighted by molar-refractivity contribution is 0.567. The van der Waals surface area contributed by atoms with E-state index in [0.29, 0.717) is 11.1 Å². The highest BCUT2D eigenvalue weighted by atomic mass is 32.2. The third-order valence-corrected chi connectivity index (χ3v) is 4.51. The van der Waals surface area contributed by atoms with Crippen molar-refractivity contribution >= 4 is 28.5 Å². The van der Waals surface area contributed by atoms with E-state index < -0.39 is 0 Å². The maximum atomic E-state index is 14.4. The summed E-state index contributed by atoms with van der Waals surface area (Å²) < 4.78 is 16.3. The van der Waals surface area contributed by atoms with Crippen LogP contribution in [0.25, 0.3) is 10.9 Å². The second-order valence-corrected chi connectivity index (χ2v) is 6.21. The van der Waals surface area contributed by atoms with Crippen molar-refractivity contribution in [3.63, 3.8) is 0 Å². The zero-order valence-corrected chi connectivity index (χ0v) is 12.8. The molecule has 0 saturated carbocycles. The second-order valence-electron chi connectivity index (χ2n) is 4.98. The summed E-state index contributed by atoms with van der Waals surface area (Å²) in [5.74, 6) is 0.568. The molecular formula is C15H18FN3OS. The van der Waals surface area contributed by atoms with Gasteiger partial charge in [0, 0.05) is 49.6 Å². The second kappa shape index (κ2) is 6.07. The van der Waals surface area contributed by atoms with Gasteiger partial charge in [-0.05, 0) is 24.1 Å². The fourth-order valence-electron chi connectivity index (χ4n) is 2.64. The van der Waals surface area contributed by atoms with Gasteiger partial charge in [0.1, 0.15) is 5.82 Å². The first kappa shape index (κ1) is 14.4. The molecule has 0 radical (unpaired) electrons. The predicted molar refractivity (Wildman–Crippen MR) is 86.8 cm³/mol. The minimum atomic E-state index is -0.319. The lowest BCUT2D eigenvalue weighted by Gasteiger charge is -2.30. The molecule has 0 atom stereocenters. The first-order valence-corrected chi connectivity index (χ1v) is 8.09. The maximum absolute atomic E-state index is 14.4. The summed E-state index contributed by atoms with van der Waals surface area (Å²) >= 11 is 1.60. The standard InChI is InChI=1S/C15H18FN3OS/c1-2-21-19-6-3-15(20)11-9-12(16)14(10-13(11)19)18-7-4-17-5-8-18/h3,6,9-10,17H,2,4-5,7-8H2,1H3. The monoisotopic (exact) mass is 307 g/mol. The van der Waals surface area contributed by atoms with Crippen LogP contribution in [0.2, 0.25) is 0 Å². The number of hydrogen-bond donors (Lipinski definition) is 1. The minimum Gasteiger partial charge on any atom is -0.367 e.